The van der Waals surface area contributed by atoms with Gasteiger partial charge in [-0.1, -0.05) is 30.5 Å². The molecule has 1 aromatic rings. The van der Waals surface area contributed by atoms with Crippen LogP contribution in [0.2, 0.25) is 0 Å². The van der Waals surface area contributed by atoms with E-state index in [1.54, 1.807) is 6.92 Å². The molecule has 1 amide bonds. The molecular formula is C18H25NO2. The van der Waals surface area contributed by atoms with E-state index in [-0.39, 0.29) is 17.7 Å². The molecule has 1 aromatic carbocycles. The van der Waals surface area contributed by atoms with Gasteiger partial charge in [-0.05, 0) is 45.2 Å². The second-order valence-electron chi connectivity index (χ2n) is 6.23. The van der Waals surface area contributed by atoms with Gasteiger partial charge in [0.15, 0.2) is 0 Å². The number of hydrogen-bond donors (Lipinski definition) is 0. The van der Waals surface area contributed by atoms with Gasteiger partial charge < -0.3 is 4.90 Å². The lowest BCUT2D eigenvalue weighted by atomic mass is 10.0. The van der Waals surface area contributed by atoms with Gasteiger partial charge in [0.25, 0.3) is 5.91 Å². The molecule has 1 aliphatic heterocycles. The Labute approximate surface area is 127 Å². The van der Waals surface area contributed by atoms with Gasteiger partial charge in [0.2, 0.25) is 0 Å². The molecule has 0 N–H and O–H groups in total. The van der Waals surface area contributed by atoms with E-state index >= 15 is 0 Å². The second-order valence-corrected chi connectivity index (χ2v) is 6.23. The molecule has 1 unspecified atom stereocenters. The molecule has 0 radical (unpaired) electrons. The normalized spacial score (nSPS) is 19.2. The van der Waals surface area contributed by atoms with E-state index < -0.39 is 0 Å². The van der Waals surface area contributed by atoms with Crippen LogP contribution in [0.1, 0.15) is 60.5 Å². The zero-order chi connectivity index (χ0) is 15.4. The lowest BCUT2D eigenvalue weighted by Gasteiger charge is -2.30. The number of Topliss-reactive ketones (excluding diaryl/α,β-unsaturated/α-hetero) is 1. The van der Waals surface area contributed by atoms with Gasteiger partial charge >= 0.3 is 0 Å². The van der Waals surface area contributed by atoms with Crippen molar-refractivity contribution in [1.29, 1.82) is 0 Å². The fraction of sp³-hybridized carbons (Fsp3) is 0.556. The van der Waals surface area contributed by atoms with Crippen molar-refractivity contribution in [3.8, 4) is 0 Å². The Morgan fingerprint density at radius 1 is 1.19 bits per heavy atom. The van der Waals surface area contributed by atoms with E-state index in [0.717, 1.165) is 43.4 Å². The van der Waals surface area contributed by atoms with E-state index in [9.17, 15) is 9.59 Å². The summed E-state index contributed by atoms with van der Waals surface area (Å²) in [5, 5.41) is 0. The summed E-state index contributed by atoms with van der Waals surface area (Å²) in [6, 6.07) is 6.02. The lowest BCUT2D eigenvalue weighted by molar-refractivity contribution is -0.118. The number of ketones is 1. The molecule has 2 rings (SSSR count). The van der Waals surface area contributed by atoms with Crippen LogP contribution in [0.4, 0.5) is 0 Å². The molecule has 0 spiro atoms. The fourth-order valence-electron chi connectivity index (χ4n) is 3.20. The van der Waals surface area contributed by atoms with Crippen LogP contribution in [0.3, 0.4) is 0 Å². The number of rotatable bonds is 3. The monoisotopic (exact) mass is 287 g/mol. The maximum absolute atomic E-state index is 12.9. The molecule has 1 heterocycles. The summed E-state index contributed by atoms with van der Waals surface area (Å²) in [6.07, 6.45) is 4.71. The topological polar surface area (TPSA) is 37.4 Å². The predicted octanol–water partition coefficient (Wildman–Crippen LogP) is 3.67. The SMILES string of the molecule is CC(=O)CC1CCCCCN1C(=O)c1ccc(C)cc1C. The highest BCUT2D eigenvalue weighted by molar-refractivity contribution is 5.96. The maximum Gasteiger partial charge on any atom is 0.254 e. The fourth-order valence-corrected chi connectivity index (χ4v) is 3.20. The molecule has 1 aliphatic rings. The molecule has 0 bridgehead atoms. The van der Waals surface area contributed by atoms with Crippen molar-refractivity contribution < 1.29 is 9.59 Å². The largest absolute Gasteiger partial charge is 0.335 e. The average molecular weight is 287 g/mol. The van der Waals surface area contributed by atoms with Gasteiger partial charge in [-0.3, -0.25) is 9.59 Å². The van der Waals surface area contributed by atoms with Crippen LogP contribution in [0.25, 0.3) is 0 Å². The van der Waals surface area contributed by atoms with Gasteiger partial charge in [0.05, 0.1) is 0 Å². The van der Waals surface area contributed by atoms with Crippen molar-refractivity contribution >= 4 is 11.7 Å². The Kier molecular flexibility index (Phi) is 5.16. The third-order valence-electron chi connectivity index (χ3n) is 4.27. The van der Waals surface area contributed by atoms with Crippen LogP contribution in [0, 0.1) is 13.8 Å². The summed E-state index contributed by atoms with van der Waals surface area (Å²) in [4.78, 5) is 26.3. The van der Waals surface area contributed by atoms with Crippen molar-refractivity contribution in [3.05, 3.63) is 34.9 Å². The average Bonchev–Trinajstić information content (AvgIpc) is 2.63. The molecule has 3 nitrogen and oxygen atoms in total. The van der Waals surface area contributed by atoms with Crippen LogP contribution in [-0.2, 0) is 4.79 Å². The number of hydrogen-bond acceptors (Lipinski definition) is 2. The Morgan fingerprint density at radius 3 is 2.62 bits per heavy atom. The molecular weight excluding hydrogens is 262 g/mol. The summed E-state index contributed by atoms with van der Waals surface area (Å²) in [7, 11) is 0. The first-order valence-corrected chi connectivity index (χ1v) is 7.86. The van der Waals surface area contributed by atoms with Crippen LogP contribution in [0.5, 0.6) is 0 Å². The zero-order valence-electron chi connectivity index (χ0n) is 13.3. The zero-order valence-corrected chi connectivity index (χ0v) is 13.3. The van der Waals surface area contributed by atoms with E-state index in [1.165, 1.54) is 5.56 Å². The van der Waals surface area contributed by atoms with Crippen LogP contribution < -0.4 is 0 Å². The van der Waals surface area contributed by atoms with Crippen molar-refractivity contribution in [2.75, 3.05) is 6.54 Å². The van der Waals surface area contributed by atoms with Crippen LogP contribution in [0.15, 0.2) is 18.2 Å². The second kappa shape index (κ2) is 6.88. The summed E-state index contributed by atoms with van der Waals surface area (Å²) in [5.41, 5.74) is 2.96. The summed E-state index contributed by atoms with van der Waals surface area (Å²) >= 11 is 0. The van der Waals surface area contributed by atoms with Crippen LogP contribution in [-0.4, -0.2) is 29.2 Å². The Balaban J connectivity index is 2.26. The minimum absolute atomic E-state index is 0.0678. The molecule has 0 saturated carbocycles. The van der Waals surface area contributed by atoms with Crippen molar-refractivity contribution in [2.24, 2.45) is 0 Å². The number of likely N-dealkylation sites (tertiary alicyclic amines) is 1. The third-order valence-corrected chi connectivity index (χ3v) is 4.27. The van der Waals surface area contributed by atoms with E-state index in [2.05, 4.69) is 0 Å². The highest BCUT2D eigenvalue weighted by atomic mass is 16.2. The standard InChI is InChI=1S/C18H25NO2/c1-13-8-9-17(14(2)11-13)18(21)19-10-6-4-5-7-16(19)12-15(3)20/h8-9,11,16H,4-7,10,12H2,1-3H3. The maximum atomic E-state index is 12.9. The number of benzene rings is 1. The van der Waals surface area contributed by atoms with Gasteiger partial charge in [-0.25, -0.2) is 0 Å². The number of amides is 1. The minimum atomic E-state index is 0.0678. The number of carbonyl (C=O) groups is 2. The molecule has 0 aliphatic carbocycles. The van der Waals surface area contributed by atoms with E-state index in [4.69, 9.17) is 0 Å². The smallest absolute Gasteiger partial charge is 0.254 e. The summed E-state index contributed by atoms with van der Waals surface area (Å²) in [6.45, 7) is 6.40. The molecule has 3 heteroatoms. The van der Waals surface area contributed by atoms with E-state index in [1.807, 2.05) is 36.9 Å². The molecule has 1 saturated heterocycles. The van der Waals surface area contributed by atoms with Crippen molar-refractivity contribution in [1.82, 2.24) is 4.90 Å². The number of nitrogens with zero attached hydrogens (tertiary/aromatic N) is 1. The third kappa shape index (κ3) is 3.93. The lowest BCUT2D eigenvalue weighted by Crippen LogP contribution is -2.41. The first-order chi connectivity index (χ1) is 9.99. The highest BCUT2D eigenvalue weighted by Crippen LogP contribution is 2.23. The molecule has 1 atom stereocenters. The molecule has 0 aromatic heterocycles. The van der Waals surface area contributed by atoms with Gasteiger partial charge in [0, 0.05) is 24.6 Å². The van der Waals surface area contributed by atoms with Gasteiger partial charge in [-0.2, -0.15) is 0 Å². The minimum Gasteiger partial charge on any atom is -0.335 e. The number of aryl methyl sites for hydroxylation is 2. The van der Waals surface area contributed by atoms with Crippen LogP contribution >= 0.6 is 0 Å². The molecule has 21 heavy (non-hydrogen) atoms. The first kappa shape index (κ1) is 15.7. The highest BCUT2D eigenvalue weighted by Gasteiger charge is 2.27. The quantitative estimate of drug-likeness (QED) is 0.850. The Morgan fingerprint density at radius 2 is 1.95 bits per heavy atom. The first-order valence-electron chi connectivity index (χ1n) is 7.86. The number of carbonyl (C=O) groups excluding carboxylic acids is 2. The summed E-state index contributed by atoms with van der Waals surface area (Å²) < 4.78 is 0. The summed E-state index contributed by atoms with van der Waals surface area (Å²) in [5.74, 6) is 0.251. The van der Waals surface area contributed by atoms with Gasteiger partial charge in [-0.15, -0.1) is 0 Å². The van der Waals surface area contributed by atoms with E-state index in [0.29, 0.717) is 6.42 Å². The Hall–Kier alpha value is -1.64. The Bertz CT molecular complexity index is 536. The van der Waals surface area contributed by atoms with Gasteiger partial charge in [0.1, 0.15) is 5.78 Å². The molecule has 114 valence electrons. The predicted molar refractivity (Wildman–Crippen MR) is 84.5 cm³/mol. The van der Waals surface area contributed by atoms with Crippen molar-refractivity contribution in [3.63, 3.8) is 0 Å². The molecule has 1 fully saturated rings. The van der Waals surface area contributed by atoms with Crippen molar-refractivity contribution in [2.45, 2.75) is 58.9 Å².